The Hall–Kier alpha value is -1.44. The average molecular weight is 285 g/mol. The van der Waals surface area contributed by atoms with E-state index in [1.54, 1.807) is 19.2 Å². The summed E-state index contributed by atoms with van der Waals surface area (Å²) >= 11 is 0. The summed E-state index contributed by atoms with van der Waals surface area (Å²) in [6, 6.07) is 7.23. The van der Waals surface area contributed by atoms with Crippen molar-refractivity contribution in [1.82, 2.24) is 15.4 Å². The summed E-state index contributed by atoms with van der Waals surface area (Å²) in [5, 5.41) is 5.66. The Labute approximate surface area is 113 Å². The summed E-state index contributed by atoms with van der Waals surface area (Å²) in [6.07, 6.45) is 1.13. The first-order valence-corrected chi connectivity index (χ1v) is 7.78. The fraction of sp³-hybridized carbons (Fsp3) is 0.417. The van der Waals surface area contributed by atoms with Crippen LogP contribution in [0.4, 0.5) is 0 Å². The Bertz CT molecular complexity index is 512. The third-order valence-electron chi connectivity index (χ3n) is 2.44. The van der Waals surface area contributed by atoms with Gasteiger partial charge in [-0.15, -0.1) is 0 Å². The third kappa shape index (κ3) is 6.32. The lowest BCUT2D eigenvalue weighted by Crippen LogP contribution is -2.30. The molecule has 1 amide bonds. The van der Waals surface area contributed by atoms with Gasteiger partial charge in [0.15, 0.2) is 0 Å². The van der Waals surface area contributed by atoms with Gasteiger partial charge >= 0.3 is 0 Å². The zero-order chi connectivity index (χ0) is 14.3. The normalized spacial score (nSPS) is 11.3. The molecule has 0 aliphatic carbocycles. The first kappa shape index (κ1) is 15.6. The van der Waals surface area contributed by atoms with E-state index in [0.717, 1.165) is 11.8 Å². The van der Waals surface area contributed by atoms with Gasteiger partial charge in [-0.2, -0.15) is 0 Å². The maximum atomic E-state index is 11.3. The summed E-state index contributed by atoms with van der Waals surface area (Å²) in [5.41, 5.74) is 1.65. The van der Waals surface area contributed by atoms with Gasteiger partial charge in [0.2, 0.25) is 10.0 Å². The molecule has 19 heavy (non-hydrogen) atoms. The van der Waals surface area contributed by atoms with Gasteiger partial charge in [-0.1, -0.05) is 12.1 Å². The largest absolute Gasteiger partial charge is 0.355 e. The van der Waals surface area contributed by atoms with E-state index >= 15 is 0 Å². The fourth-order valence-corrected chi connectivity index (χ4v) is 1.95. The van der Waals surface area contributed by atoms with Crippen LogP contribution in [0.2, 0.25) is 0 Å². The second kappa shape index (κ2) is 7.22. The fourth-order valence-electron chi connectivity index (χ4n) is 1.48. The van der Waals surface area contributed by atoms with Crippen LogP contribution < -0.4 is 15.4 Å². The Kier molecular flexibility index (Phi) is 5.94. The van der Waals surface area contributed by atoms with Crippen LogP contribution in [0.1, 0.15) is 15.9 Å². The quantitative estimate of drug-likeness (QED) is 0.600. The van der Waals surface area contributed by atoms with Crippen LogP contribution in [-0.4, -0.2) is 40.7 Å². The van der Waals surface area contributed by atoms with E-state index in [4.69, 9.17) is 0 Å². The minimum Gasteiger partial charge on any atom is -0.355 e. The SMILES string of the molecule is CNC(=O)c1ccc(CNCCNS(C)(=O)=O)cc1. The summed E-state index contributed by atoms with van der Waals surface area (Å²) in [6.45, 7) is 1.53. The van der Waals surface area contributed by atoms with Crippen molar-refractivity contribution in [2.45, 2.75) is 6.54 Å². The molecule has 0 fully saturated rings. The minimum absolute atomic E-state index is 0.114. The lowest BCUT2D eigenvalue weighted by atomic mass is 10.1. The van der Waals surface area contributed by atoms with Crippen LogP contribution in [0, 0.1) is 0 Å². The number of carbonyl (C=O) groups excluding carboxylic acids is 1. The molecule has 1 aromatic carbocycles. The smallest absolute Gasteiger partial charge is 0.251 e. The second-order valence-corrected chi connectivity index (χ2v) is 5.95. The molecule has 0 aliphatic rings. The molecular weight excluding hydrogens is 266 g/mol. The Morgan fingerprint density at radius 3 is 2.32 bits per heavy atom. The van der Waals surface area contributed by atoms with E-state index in [-0.39, 0.29) is 5.91 Å². The number of nitrogens with one attached hydrogen (secondary N) is 3. The molecule has 0 atom stereocenters. The lowest BCUT2D eigenvalue weighted by Gasteiger charge is -2.06. The van der Waals surface area contributed by atoms with Crippen molar-refractivity contribution in [3.05, 3.63) is 35.4 Å². The molecule has 0 saturated heterocycles. The molecule has 106 valence electrons. The topological polar surface area (TPSA) is 87.3 Å². The molecule has 0 unspecified atom stereocenters. The Morgan fingerprint density at radius 2 is 1.79 bits per heavy atom. The van der Waals surface area contributed by atoms with Crippen LogP contribution in [0.25, 0.3) is 0 Å². The van der Waals surface area contributed by atoms with Gasteiger partial charge in [0.05, 0.1) is 6.26 Å². The third-order valence-corrected chi connectivity index (χ3v) is 3.17. The van der Waals surface area contributed by atoms with Gasteiger partial charge < -0.3 is 10.6 Å². The van der Waals surface area contributed by atoms with Crippen LogP contribution in [-0.2, 0) is 16.6 Å². The molecule has 0 spiro atoms. The monoisotopic (exact) mass is 285 g/mol. The lowest BCUT2D eigenvalue weighted by molar-refractivity contribution is 0.0963. The molecule has 1 aromatic rings. The highest BCUT2D eigenvalue weighted by Crippen LogP contribution is 2.03. The number of sulfonamides is 1. The number of rotatable bonds is 7. The zero-order valence-electron chi connectivity index (χ0n) is 11.1. The number of hydrogen-bond donors (Lipinski definition) is 3. The molecular formula is C12H19N3O3S. The van der Waals surface area contributed by atoms with Crippen LogP contribution in [0.5, 0.6) is 0 Å². The van der Waals surface area contributed by atoms with Crippen molar-refractivity contribution in [2.24, 2.45) is 0 Å². The molecule has 0 radical (unpaired) electrons. The summed E-state index contributed by atoms with van der Waals surface area (Å²) < 4.78 is 24.0. The number of amides is 1. The first-order chi connectivity index (χ1) is 8.92. The molecule has 0 bridgehead atoms. The average Bonchev–Trinajstić information content (AvgIpc) is 2.37. The molecule has 0 saturated carbocycles. The molecule has 3 N–H and O–H groups in total. The molecule has 0 aliphatic heterocycles. The standard InChI is InChI=1S/C12H19N3O3S/c1-13-12(16)11-5-3-10(4-6-11)9-14-7-8-15-19(2,17)18/h3-6,14-15H,7-9H2,1-2H3,(H,13,16). The highest BCUT2D eigenvalue weighted by Gasteiger charge is 2.02. The predicted molar refractivity (Wildman–Crippen MR) is 74.4 cm³/mol. The highest BCUT2D eigenvalue weighted by molar-refractivity contribution is 7.88. The van der Waals surface area contributed by atoms with E-state index in [2.05, 4.69) is 15.4 Å². The molecule has 0 heterocycles. The van der Waals surface area contributed by atoms with Crippen LogP contribution >= 0.6 is 0 Å². The Morgan fingerprint density at radius 1 is 1.16 bits per heavy atom. The Balaban J connectivity index is 2.32. The van der Waals surface area contributed by atoms with Gasteiger partial charge in [-0.25, -0.2) is 13.1 Å². The number of carbonyl (C=O) groups is 1. The number of hydrogen-bond acceptors (Lipinski definition) is 4. The van der Waals surface area contributed by atoms with Gasteiger partial charge in [0.1, 0.15) is 0 Å². The van der Waals surface area contributed by atoms with Crippen molar-refractivity contribution in [2.75, 3.05) is 26.4 Å². The van der Waals surface area contributed by atoms with Gasteiger partial charge in [-0.05, 0) is 17.7 Å². The van der Waals surface area contributed by atoms with Gasteiger partial charge in [-0.3, -0.25) is 4.79 Å². The molecule has 6 nitrogen and oxygen atoms in total. The van der Waals surface area contributed by atoms with E-state index in [1.165, 1.54) is 0 Å². The first-order valence-electron chi connectivity index (χ1n) is 5.89. The van der Waals surface area contributed by atoms with E-state index in [9.17, 15) is 13.2 Å². The molecule has 1 rings (SSSR count). The molecule has 0 aromatic heterocycles. The highest BCUT2D eigenvalue weighted by atomic mass is 32.2. The molecule has 7 heteroatoms. The predicted octanol–water partition coefficient (Wildman–Crippen LogP) is -0.315. The minimum atomic E-state index is -3.12. The summed E-state index contributed by atoms with van der Waals surface area (Å²) in [5.74, 6) is -0.114. The van der Waals surface area contributed by atoms with E-state index < -0.39 is 10.0 Å². The summed E-state index contributed by atoms with van der Waals surface area (Å²) in [7, 11) is -1.53. The maximum Gasteiger partial charge on any atom is 0.251 e. The van der Waals surface area contributed by atoms with Crippen molar-refractivity contribution in [1.29, 1.82) is 0 Å². The van der Waals surface area contributed by atoms with Crippen molar-refractivity contribution >= 4 is 15.9 Å². The summed E-state index contributed by atoms with van der Waals surface area (Å²) in [4.78, 5) is 11.3. The van der Waals surface area contributed by atoms with Crippen molar-refractivity contribution in [3.8, 4) is 0 Å². The van der Waals surface area contributed by atoms with Crippen molar-refractivity contribution < 1.29 is 13.2 Å². The van der Waals surface area contributed by atoms with Gasteiger partial charge in [0, 0.05) is 32.2 Å². The maximum absolute atomic E-state index is 11.3. The van der Waals surface area contributed by atoms with Gasteiger partial charge in [0.25, 0.3) is 5.91 Å². The second-order valence-electron chi connectivity index (χ2n) is 4.12. The van der Waals surface area contributed by atoms with E-state index in [0.29, 0.717) is 25.2 Å². The van der Waals surface area contributed by atoms with Crippen LogP contribution in [0.3, 0.4) is 0 Å². The van der Waals surface area contributed by atoms with E-state index in [1.807, 2.05) is 12.1 Å². The number of benzene rings is 1. The zero-order valence-corrected chi connectivity index (χ0v) is 11.9. The van der Waals surface area contributed by atoms with Crippen LogP contribution in [0.15, 0.2) is 24.3 Å². The van der Waals surface area contributed by atoms with Crippen molar-refractivity contribution in [3.63, 3.8) is 0 Å².